The van der Waals surface area contributed by atoms with Crippen LogP contribution in [0.4, 0.5) is 5.69 Å². The lowest BCUT2D eigenvalue weighted by Crippen LogP contribution is -1.98. The maximum absolute atomic E-state index is 10.3. The minimum Gasteiger partial charge on any atom is -0.469 e. The van der Waals surface area contributed by atoms with Crippen LogP contribution in [0.5, 0.6) is 0 Å². The van der Waals surface area contributed by atoms with Gasteiger partial charge in [-0.2, -0.15) is 0 Å². The highest BCUT2D eigenvalue weighted by atomic mass is 32.1. The van der Waals surface area contributed by atoms with Crippen molar-refractivity contribution in [2.75, 3.05) is 7.11 Å². The van der Waals surface area contributed by atoms with Crippen molar-refractivity contribution in [3.8, 4) is 0 Å². The molecule has 0 aliphatic heterocycles. The molecule has 6 nitrogen and oxygen atoms in total. The molecule has 19 heavy (non-hydrogen) atoms. The number of methoxy groups -OCH3 is 1. The van der Waals surface area contributed by atoms with Gasteiger partial charge in [-0.1, -0.05) is 24.4 Å². The number of nitrogens with zero attached hydrogens (tertiary/aromatic N) is 1. The number of hydrogen-bond acceptors (Lipinski definition) is 6. The lowest BCUT2D eigenvalue weighted by Gasteiger charge is -1.91. The Labute approximate surface area is 115 Å². The van der Waals surface area contributed by atoms with Crippen LogP contribution < -0.4 is 0 Å². The summed E-state index contributed by atoms with van der Waals surface area (Å²) in [7, 11) is 1.37. The first-order valence-corrected chi connectivity index (χ1v) is 5.73. The Morgan fingerprint density at radius 1 is 1.47 bits per heavy atom. The fraction of sp³-hybridized carbons (Fsp3) is 0.250. The third-order valence-corrected chi connectivity index (χ3v) is 2.19. The van der Waals surface area contributed by atoms with Gasteiger partial charge in [0.1, 0.15) is 0 Å². The summed E-state index contributed by atoms with van der Waals surface area (Å²) in [6.07, 6.45) is 1.50. The van der Waals surface area contributed by atoms with Gasteiger partial charge in [-0.15, -0.1) is 0 Å². The quantitative estimate of drug-likeness (QED) is 0.271. The summed E-state index contributed by atoms with van der Waals surface area (Å²) < 4.78 is 4.35. The van der Waals surface area contributed by atoms with Crippen LogP contribution >= 0.6 is 12.2 Å². The molecule has 0 radical (unpaired) electrons. The van der Waals surface area contributed by atoms with E-state index in [4.69, 9.17) is 0 Å². The molecular weight excluding hydrogens is 270 g/mol. The van der Waals surface area contributed by atoms with Crippen LogP contribution in [0, 0.1) is 10.1 Å². The molecule has 0 saturated carbocycles. The minimum absolute atomic E-state index is 0.109. The minimum atomic E-state index is -0.580. The van der Waals surface area contributed by atoms with E-state index < -0.39 is 4.92 Å². The number of nitro benzene ring substituents is 1. The predicted molar refractivity (Wildman–Crippen MR) is 73.4 cm³/mol. The number of carbonyl (C=O) groups excluding carboxylic acids is 2. The first kappa shape index (κ1) is 16.9. The van der Waals surface area contributed by atoms with Gasteiger partial charge in [0.15, 0.2) is 6.29 Å². The van der Waals surface area contributed by atoms with Crippen LogP contribution in [0.15, 0.2) is 24.3 Å². The first-order chi connectivity index (χ1) is 9.06. The topological polar surface area (TPSA) is 86.5 Å². The average molecular weight is 283 g/mol. The molecule has 0 saturated heterocycles. The molecule has 0 atom stereocenters. The van der Waals surface area contributed by atoms with Crippen molar-refractivity contribution in [3.63, 3.8) is 0 Å². The number of hydrogen-bond donors (Lipinski definition) is 0. The van der Waals surface area contributed by atoms with E-state index in [0.29, 0.717) is 19.1 Å². The van der Waals surface area contributed by atoms with Gasteiger partial charge in [0, 0.05) is 12.5 Å². The standard InChI is InChI=1S/C7H5NO3.C5H8O2S/c9-5-6-3-1-2-4-7(6)8(10)11;1-7-5(6)3-2-4-8/h1-5H;4H,2-3H2,1H3. The monoisotopic (exact) mass is 283 g/mol. The Bertz CT molecular complexity index is 461. The average Bonchev–Trinajstić information content (AvgIpc) is 2.45. The van der Waals surface area contributed by atoms with Crippen LogP contribution in [0.1, 0.15) is 23.2 Å². The van der Waals surface area contributed by atoms with E-state index in [1.165, 1.54) is 30.7 Å². The number of rotatable bonds is 5. The van der Waals surface area contributed by atoms with Gasteiger partial charge < -0.3 is 4.74 Å². The summed E-state index contributed by atoms with van der Waals surface area (Å²) in [5, 5.41) is 11.8. The van der Waals surface area contributed by atoms with E-state index in [1.54, 1.807) is 6.07 Å². The van der Waals surface area contributed by atoms with Crippen LogP contribution in [-0.4, -0.2) is 29.7 Å². The van der Waals surface area contributed by atoms with E-state index in [2.05, 4.69) is 17.0 Å². The third kappa shape index (κ3) is 6.99. The molecule has 0 amide bonds. The highest BCUT2D eigenvalue weighted by Gasteiger charge is 2.09. The molecule has 0 bridgehead atoms. The second-order valence-electron chi connectivity index (χ2n) is 3.22. The second-order valence-corrected chi connectivity index (χ2v) is 3.55. The first-order valence-electron chi connectivity index (χ1n) is 5.25. The molecule has 1 aromatic rings. The Morgan fingerprint density at radius 3 is 2.53 bits per heavy atom. The molecule has 0 aromatic heterocycles. The molecule has 1 aromatic carbocycles. The van der Waals surface area contributed by atoms with Crippen LogP contribution in [0.25, 0.3) is 0 Å². The second kappa shape index (κ2) is 9.84. The number of aldehydes is 1. The summed E-state index contributed by atoms with van der Waals surface area (Å²) in [4.78, 5) is 30.2. The molecule has 0 heterocycles. The molecule has 0 aliphatic rings. The molecule has 102 valence electrons. The predicted octanol–water partition coefficient (Wildman–Crippen LogP) is 2.35. The van der Waals surface area contributed by atoms with Crippen LogP contribution in [0.2, 0.25) is 0 Å². The molecule has 0 fully saturated rings. The molecule has 1 rings (SSSR count). The Hall–Kier alpha value is -2.15. The number of nitro groups is 1. The van der Waals surface area contributed by atoms with E-state index in [1.807, 2.05) is 0 Å². The molecule has 0 spiro atoms. The van der Waals surface area contributed by atoms with Crippen molar-refractivity contribution < 1.29 is 19.2 Å². The summed E-state index contributed by atoms with van der Waals surface area (Å²) >= 11 is 4.49. The number of benzene rings is 1. The zero-order valence-corrected chi connectivity index (χ0v) is 11.1. The van der Waals surface area contributed by atoms with Crippen molar-refractivity contribution in [1.82, 2.24) is 0 Å². The van der Waals surface area contributed by atoms with Crippen molar-refractivity contribution in [3.05, 3.63) is 39.9 Å². The molecule has 7 heteroatoms. The lowest BCUT2D eigenvalue weighted by molar-refractivity contribution is -0.385. The van der Waals surface area contributed by atoms with Gasteiger partial charge in [-0.3, -0.25) is 19.7 Å². The zero-order chi connectivity index (χ0) is 14.7. The maximum Gasteiger partial charge on any atom is 0.305 e. The third-order valence-electron chi connectivity index (χ3n) is 1.95. The Kier molecular flexibility index (Phi) is 8.72. The molecular formula is C12H13NO5S. The highest BCUT2D eigenvalue weighted by molar-refractivity contribution is 7.78. The van der Waals surface area contributed by atoms with Gasteiger partial charge in [0.2, 0.25) is 0 Å². The summed E-state index contributed by atoms with van der Waals surface area (Å²) in [5.41, 5.74) is -0.0417. The number of para-hydroxylation sites is 1. The summed E-state index contributed by atoms with van der Waals surface area (Å²) in [5.74, 6) is -0.203. The number of thiocarbonyl (C=S) groups is 1. The SMILES string of the molecule is COC(=O)CCC=S.O=Cc1ccccc1[N+](=O)[O-]. The van der Waals surface area contributed by atoms with Gasteiger partial charge in [-0.25, -0.2) is 0 Å². The zero-order valence-electron chi connectivity index (χ0n) is 10.3. The van der Waals surface area contributed by atoms with Gasteiger partial charge >= 0.3 is 5.97 Å². The smallest absolute Gasteiger partial charge is 0.305 e. The molecule has 0 aliphatic carbocycles. The Morgan fingerprint density at radius 2 is 2.11 bits per heavy atom. The normalized spacial score (nSPS) is 8.68. The van der Waals surface area contributed by atoms with Crippen LogP contribution in [-0.2, 0) is 9.53 Å². The van der Waals surface area contributed by atoms with E-state index >= 15 is 0 Å². The van der Waals surface area contributed by atoms with Gasteiger partial charge in [0.25, 0.3) is 5.69 Å². The van der Waals surface area contributed by atoms with Gasteiger partial charge in [-0.05, 0) is 17.9 Å². The fourth-order valence-corrected chi connectivity index (χ4v) is 1.15. The highest BCUT2D eigenvalue weighted by Crippen LogP contribution is 2.14. The van der Waals surface area contributed by atoms with Gasteiger partial charge in [0.05, 0.1) is 17.6 Å². The number of ether oxygens (including phenoxy) is 1. The largest absolute Gasteiger partial charge is 0.469 e. The summed E-state index contributed by atoms with van der Waals surface area (Å²) in [6.45, 7) is 0. The van der Waals surface area contributed by atoms with Crippen molar-refractivity contribution in [2.45, 2.75) is 12.8 Å². The Balaban J connectivity index is 0.000000362. The maximum atomic E-state index is 10.3. The van der Waals surface area contributed by atoms with E-state index in [9.17, 15) is 19.7 Å². The lowest BCUT2D eigenvalue weighted by atomic mass is 10.2. The molecule has 0 unspecified atom stereocenters. The molecule has 0 N–H and O–H groups in total. The van der Waals surface area contributed by atoms with Crippen molar-refractivity contribution in [1.29, 1.82) is 0 Å². The fourth-order valence-electron chi connectivity index (χ4n) is 1.03. The van der Waals surface area contributed by atoms with Crippen molar-refractivity contribution in [2.24, 2.45) is 0 Å². The number of esters is 1. The van der Waals surface area contributed by atoms with Crippen LogP contribution in [0.3, 0.4) is 0 Å². The van der Waals surface area contributed by atoms with E-state index in [0.717, 1.165) is 0 Å². The van der Waals surface area contributed by atoms with Crippen molar-refractivity contribution >= 4 is 35.5 Å². The summed E-state index contributed by atoms with van der Waals surface area (Å²) in [6, 6.07) is 5.80. The number of carbonyl (C=O) groups is 2. The van der Waals surface area contributed by atoms with E-state index in [-0.39, 0.29) is 17.2 Å².